The van der Waals surface area contributed by atoms with E-state index in [0.717, 1.165) is 11.0 Å². The van der Waals surface area contributed by atoms with Crippen LogP contribution in [0.5, 0.6) is 0 Å². The van der Waals surface area contributed by atoms with Gasteiger partial charge in [-0.2, -0.15) is 0 Å². The Kier molecular flexibility index (Phi) is 8.30. The van der Waals surface area contributed by atoms with E-state index in [2.05, 4.69) is 10.3 Å². The maximum Gasteiger partial charge on any atom is 0.252 e. The summed E-state index contributed by atoms with van der Waals surface area (Å²) in [5.41, 5.74) is 1.01. The van der Waals surface area contributed by atoms with Crippen LogP contribution < -0.4 is 10.2 Å². The third-order valence-corrected chi connectivity index (χ3v) is 7.76. The number of halogens is 4. The zero-order valence-corrected chi connectivity index (χ0v) is 22.7. The number of nitrogens with zero attached hydrogens (tertiary/aromatic N) is 3. The van der Waals surface area contributed by atoms with Crippen molar-refractivity contribution in [2.75, 3.05) is 4.90 Å². The summed E-state index contributed by atoms with van der Waals surface area (Å²) in [5, 5.41) is 2.80. The van der Waals surface area contributed by atoms with E-state index in [9.17, 15) is 27.6 Å². The molecule has 1 saturated heterocycles. The Bertz CT molecular complexity index is 1430. The van der Waals surface area contributed by atoms with E-state index in [1.807, 2.05) is 0 Å². The van der Waals surface area contributed by atoms with Crippen molar-refractivity contribution >= 4 is 35.0 Å². The van der Waals surface area contributed by atoms with Gasteiger partial charge in [0.2, 0.25) is 17.7 Å². The van der Waals surface area contributed by atoms with Crippen molar-refractivity contribution in [3.05, 3.63) is 95.0 Å². The molecule has 1 saturated carbocycles. The van der Waals surface area contributed by atoms with Gasteiger partial charge >= 0.3 is 0 Å². The number of carbonyl (C=O) groups excluding carboxylic acids is 3. The minimum absolute atomic E-state index is 0.0922. The Morgan fingerprint density at radius 3 is 2.54 bits per heavy atom. The highest BCUT2D eigenvalue weighted by molar-refractivity contribution is 6.31. The smallest absolute Gasteiger partial charge is 0.252 e. The zero-order valence-electron chi connectivity index (χ0n) is 22.0. The molecule has 3 aromatic rings. The molecule has 41 heavy (non-hydrogen) atoms. The summed E-state index contributed by atoms with van der Waals surface area (Å²) in [6, 6.07) is 14.3. The van der Waals surface area contributed by atoms with E-state index in [0.29, 0.717) is 12.1 Å². The summed E-state index contributed by atoms with van der Waals surface area (Å²) >= 11 is 6.49. The van der Waals surface area contributed by atoms with Crippen LogP contribution in [0.3, 0.4) is 0 Å². The number of amides is 3. The minimum Gasteiger partial charge on any atom is -0.351 e. The zero-order chi connectivity index (χ0) is 29.1. The lowest BCUT2D eigenvalue weighted by atomic mass is 9.87. The van der Waals surface area contributed by atoms with E-state index in [1.165, 1.54) is 18.2 Å². The number of alkyl halides is 2. The first-order chi connectivity index (χ1) is 19.6. The van der Waals surface area contributed by atoms with Gasteiger partial charge in [-0.15, -0.1) is 0 Å². The Balaban J connectivity index is 1.49. The Labute approximate surface area is 240 Å². The van der Waals surface area contributed by atoms with Crippen LogP contribution in [-0.4, -0.2) is 45.6 Å². The normalized spacial score (nSPS) is 19.0. The lowest BCUT2D eigenvalue weighted by molar-refractivity contribution is -0.134. The average Bonchev–Trinajstić information content (AvgIpc) is 3.25. The van der Waals surface area contributed by atoms with Crippen molar-refractivity contribution in [3.63, 3.8) is 0 Å². The molecule has 2 fully saturated rings. The molecule has 1 aliphatic carbocycles. The number of rotatable bonds is 9. The maximum atomic E-state index is 14.4. The van der Waals surface area contributed by atoms with Gasteiger partial charge in [0.25, 0.3) is 5.92 Å². The fraction of sp³-hybridized carbons (Fsp3) is 0.333. The van der Waals surface area contributed by atoms with Crippen LogP contribution >= 0.6 is 11.6 Å². The molecule has 1 aliphatic heterocycles. The molecule has 2 aliphatic rings. The summed E-state index contributed by atoms with van der Waals surface area (Å²) in [5.74, 6) is -4.91. The monoisotopic (exact) mass is 584 g/mol. The number of nitrogens with one attached hydrogen (secondary N) is 1. The van der Waals surface area contributed by atoms with Crippen LogP contribution in [0.2, 0.25) is 5.02 Å². The predicted octanol–water partition coefficient (Wildman–Crippen LogP) is 5.44. The van der Waals surface area contributed by atoms with Crippen LogP contribution in [0.15, 0.2) is 72.9 Å². The van der Waals surface area contributed by atoms with Crippen molar-refractivity contribution in [1.29, 1.82) is 0 Å². The second-order valence-electron chi connectivity index (χ2n) is 10.4. The quantitative estimate of drug-likeness (QED) is 0.363. The maximum absolute atomic E-state index is 14.4. The van der Waals surface area contributed by atoms with Crippen LogP contribution in [-0.2, 0) is 20.9 Å². The first-order valence-corrected chi connectivity index (χ1v) is 13.7. The van der Waals surface area contributed by atoms with Crippen LogP contribution in [0.1, 0.15) is 49.4 Å². The summed E-state index contributed by atoms with van der Waals surface area (Å²) in [4.78, 5) is 47.6. The predicted molar refractivity (Wildman–Crippen MR) is 147 cm³/mol. The highest BCUT2D eigenvalue weighted by atomic mass is 35.5. The molecule has 2 aromatic carbocycles. The molecule has 2 heterocycles. The van der Waals surface area contributed by atoms with Gasteiger partial charge < -0.3 is 10.2 Å². The molecule has 214 valence electrons. The van der Waals surface area contributed by atoms with E-state index < -0.39 is 54.5 Å². The van der Waals surface area contributed by atoms with Crippen molar-refractivity contribution in [2.45, 2.75) is 62.7 Å². The van der Waals surface area contributed by atoms with Gasteiger partial charge in [0.1, 0.15) is 11.9 Å². The number of hydrogen-bond acceptors (Lipinski definition) is 4. The number of likely N-dealkylation sites (tertiary alicyclic amines) is 1. The van der Waals surface area contributed by atoms with Gasteiger partial charge in [-0.25, -0.2) is 13.2 Å². The number of carbonyl (C=O) groups is 3. The largest absolute Gasteiger partial charge is 0.351 e. The summed E-state index contributed by atoms with van der Waals surface area (Å²) in [6.07, 6.45) is 1.07. The van der Waals surface area contributed by atoms with Crippen molar-refractivity contribution in [3.8, 4) is 0 Å². The molecule has 0 radical (unpaired) electrons. The Morgan fingerprint density at radius 2 is 1.85 bits per heavy atom. The standard InChI is InChI=1S/C30H28ClF3N4O3/c31-25-10-2-1-9-24(25)28(29(41)36-21-16-30(33,34)17-21)38(23-8-5-6-19(32)14-23)27(40)15-22-11-12-26(39)37(22)18-20-7-3-4-13-35-20/h1-10,13-14,21-22,28H,11-12,15-18H2,(H,36,41)/t22-,28-/m0/s1. The average molecular weight is 585 g/mol. The van der Waals surface area contributed by atoms with Crippen LogP contribution in [0, 0.1) is 5.82 Å². The van der Waals surface area contributed by atoms with Gasteiger partial charge in [0, 0.05) is 60.2 Å². The van der Waals surface area contributed by atoms with Crippen molar-refractivity contribution in [1.82, 2.24) is 15.2 Å². The first-order valence-electron chi connectivity index (χ1n) is 13.3. The van der Waals surface area contributed by atoms with Crippen LogP contribution in [0.4, 0.5) is 18.9 Å². The molecule has 1 N–H and O–H groups in total. The number of anilines is 1. The fourth-order valence-electron chi connectivity index (χ4n) is 5.39. The van der Waals surface area contributed by atoms with E-state index in [1.54, 1.807) is 53.6 Å². The van der Waals surface area contributed by atoms with Gasteiger partial charge in [0.15, 0.2) is 0 Å². The summed E-state index contributed by atoms with van der Waals surface area (Å²) < 4.78 is 41.6. The molecule has 0 unspecified atom stereocenters. The Morgan fingerprint density at radius 1 is 1.10 bits per heavy atom. The fourth-order valence-corrected chi connectivity index (χ4v) is 5.63. The molecule has 5 rings (SSSR count). The van der Waals surface area contributed by atoms with Gasteiger partial charge in [-0.05, 0) is 42.8 Å². The second kappa shape index (κ2) is 11.9. The molecule has 0 spiro atoms. The van der Waals surface area contributed by atoms with Crippen LogP contribution in [0.25, 0.3) is 0 Å². The second-order valence-corrected chi connectivity index (χ2v) is 10.8. The molecule has 7 nitrogen and oxygen atoms in total. The SMILES string of the molecule is O=C(NC1CC(F)(F)C1)[C@H](c1ccccc1Cl)N(C(=O)C[C@@H]1CCC(=O)N1Cc1ccccn1)c1cccc(F)c1. The number of hydrogen-bond donors (Lipinski definition) is 1. The lowest BCUT2D eigenvalue weighted by Gasteiger charge is -2.38. The topological polar surface area (TPSA) is 82.6 Å². The molecule has 0 bridgehead atoms. The van der Waals surface area contributed by atoms with Gasteiger partial charge in [-0.3, -0.25) is 24.3 Å². The molecular weight excluding hydrogens is 557 g/mol. The third kappa shape index (κ3) is 6.53. The highest BCUT2D eigenvalue weighted by Gasteiger charge is 2.47. The number of pyridine rings is 1. The number of benzene rings is 2. The lowest BCUT2D eigenvalue weighted by Crippen LogP contribution is -2.54. The molecular formula is C30H28ClF3N4O3. The first kappa shape index (κ1) is 28.6. The van der Waals surface area contributed by atoms with Gasteiger partial charge in [0.05, 0.1) is 12.2 Å². The van der Waals surface area contributed by atoms with Crippen molar-refractivity contribution in [2.24, 2.45) is 0 Å². The Hall–Kier alpha value is -3.92. The molecule has 2 atom stereocenters. The summed E-state index contributed by atoms with van der Waals surface area (Å²) in [6.45, 7) is 0.210. The molecule has 1 aromatic heterocycles. The molecule has 3 amide bonds. The highest BCUT2D eigenvalue weighted by Crippen LogP contribution is 2.39. The molecule has 11 heteroatoms. The minimum atomic E-state index is -2.87. The van der Waals surface area contributed by atoms with E-state index in [-0.39, 0.29) is 41.6 Å². The number of aromatic nitrogens is 1. The van der Waals surface area contributed by atoms with E-state index >= 15 is 0 Å². The van der Waals surface area contributed by atoms with Crippen molar-refractivity contribution < 1.29 is 27.6 Å². The summed E-state index contributed by atoms with van der Waals surface area (Å²) in [7, 11) is 0. The van der Waals surface area contributed by atoms with E-state index in [4.69, 9.17) is 11.6 Å². The third-order valence-electron chi connectivity index (χ3n) is 7.42. The van der Waals surface area contributed by atoms with Gasteiger partial charge in [-0.1, -0.05) is 41.9 Å².